The number of cyclic esters (lactones) is 1. The predicted octanol–water partition coefficient (Wildman–Crippen LogP) is 1.47. The molecule has 44 heavy (non-hydrogen) atoms. The first-order valence-electron chi connectivity index (χ1n) is 14.2. The summed E-state index contributed by atoms with van der Waals surface area (Å²) in [4.78, 5) is 43.4. The van der Waals surface area contributed by atoms with Crippen LogP contribution in [0.3, 0.4) is 0 Å². The van der Waals surface area contributed by atoms with Crippen LogP contribution in [0.1, 0.15) is 44.1 Å². The van der Waals surface area contributed by atoms with Crippen molar-refractivity contribution in [3.05, 3.63) is 57.9 Å². The largest absolute Gasteiger partial charge is 0.487 e. The van der Waals surface area contributed by atoms with Crippen LogP contribution in [0.15, 0.2) is 35.3 Å². The van der Waals surface area contributed by atoms with E-state index in [2.05, 4.69) is 10.3 Å². The highest BCUT2D eigenvalue weighted by Crippen LogP contribution is 2.38. The number of rotatable bonds is 9. The van der Waals surface area contributed by atoms with E-state index in [0.29, 0.717) is 0 Å². The van der Waals surface area contributed by atoms with E-state index in [0.717, 1.165) is 25.0 Å². The predicted molar refractivity (Wildman–Crippen MR) is 151 cm³/mol. The van der Waals surface area contributed by atoms with Gasteiger partial charge in [0, 0.05) is 31.8 Å². The standard InChI is InChI=1S/C29H31F2N5O8/c1-15(37)32-10-18-11-36(28(41)44-18)17-4-5-23(21(30)8-17)43-14-29(42)6-7-34(13-29)26-22(31)9-19-24(38)20(27(39)40)12-35(16-2-3-16)25(19)33-26/h4-5,8-9,12,16,18,27,39-40,42H,2-3,6-7,10-11,13-14H2,1H3,(H,32,37). The summed E-state index contributed by atoms with van der Waals surface area (Å²) in [6.07, 6.45) is -0.180. The van der Waals surface area contributed by atoms with Gasteiger partial charge in [0.25, 0.3) is 0 Å². The van der Waals surface area contributed by atoms with Crippen molar-refractivity contribution < 1.29 is 43.2 Å². The van der Waals surface area contributed by atoms with Gasteiger partial charge in [0.1, 0.15) is 24.0 Å². The number of fused-ring (bicyclic) bond motifs is 1. The van der Waals surface area contributed by atoms with E-state index in [-0.39, 0.29) is 85.0 Å². The number of nitrogens with one attached hydrogen (secondary N) is 1. The number of pyridine rings is 2. The van der Waals surface area contributed by atoms with Gasteiger partial charge in [-0.15, -0.1) is 0 Å². The Morgan fingerprint density at radius 3 is 2.68 bits per heavy atom. The summed E-state index contributed by atoms with van der Waals surface area (Å²) in [5.74, 6) is -2.09. The maximum absolute atomic E-state index is 15.3. The number of hydrogen-bond acceptors (Lipinski definition) is 10. The van der Waals surface area contributed by atoms with Crippen LogP contribution in [-0.2, 0) is 9.53 Å². The number of ether oxygens (including phenoxy) is 2. The summed E-state index contributed by atoms with van der Waals surface area (Å²) >= 11 is 0. The van der Waals surface area contributed by atoms with Gasteiger partial charge in [0.2, 0.25) is 5.91 Å². The fourth-order valence-corrected chi connectivity index (χ4v) is 5.53. The second-order valence-corrected chi connectivity index (χ2v) is 11.4. The van der Waals surface area contributed by atoms with Crippen LogP contribution in [0.25, 0.3) is 11.0 Å². The molecule has 4 N–H and O–H groups in total. The Labute approximate surface area is 249 Å². The molecule has 6 rings (SSSR count). The van der Waals surface area contributed by atoms with Gasteiger partial charge in [-0.05, 0) is 37.5 Å². The average molecular weight is 616 g/mol. The van der Waals surface area contributed by atoms with Gasteiger partial charge < -0.3 is 39.6 Å². The first kappa shape index (κ1) is 29.7. The molecule has 3 fully saturated rings. The molecule has 0 spiro atoms. The number of hydrogen-bond donors (Lipinski definition) is 4. The topological polar surface area (TPSA) is 167 Å². The molecule has 3 aromatic rings. The number of β-amino-alcohol motifs (C(OH)–C–C–N with tert-alkyl or cyclic N) is 1. The van der Waals surface area contributed by atoms with Crippen LogP contribution in [-0.4, -0.2) is 81.4 Å². The number of carbonyl (C=O) groups is 2. The number of aliphatic hydroxyl groups excluding tert-OH is 1. The first-order valence-corrected chi connectivity index (χ1v) is 14.2. The minimum absolute atomic E-state index is 0.00658. The molecule has 2 aliphatic heterocycles. The minimum atomic E-state index is -2.01. The van der Waals surface area contributed by atoms with Crippen molar-refractivity contribution in [3.8, 4) is 5.75 Å². The van der Waals surface area contributed by atoms with Crippen molar-refractivity contribution in [2.45, 2.75) is 50.2 Å². The van der Waals surface area contributed by atoms with Crippen LogP contribution in [0.5, 0.6) is 5.75 Å². The van der Waals surface area contributed by atoms with Crippen LogP contribution in [0.2, 0.25) is 0 Å². The lowest BCUT2D eigenvalue weighted by Gasteiger charge is -2.25. The van der Waals surface area contributed by atoms with Crippen molar-refractivity contribution in [1.82, 2.24) is 14.9 Å². The normalized spacial score (nSPS) is 21.8. The van der Waals surface area contributed by atoms with Gasteiger partial charge in [0.15, 0.2) is 34.9 Å². The fraction of sp³-hybridized carbons (Fsp3) is 0.448. The lowest BCUT2D eigenvalue weighted by molar-refractivity contribution is -0.119. The Morgan fingerprint density at radius 1 is 1.23 bits per heavy atom. The van der Waals surface area contributed by atoms with E-state index >= 15 is 4.39 Å². The van der Waals surface area contributed by atoms with Gasteiger partial charge in [-0.3, -0.25) is 14.5 Å². The van der Waals surface area contributed by atoms with Crippen LogP contribution in [0, 0.1) is 11.6 Å². The van der Waals surface area contributed by atoms with E-state index in [1.54, 1.807) is 4.57 Å². The second-order valence-electron chi connectivity index (χ2n) is 11.4. The van der Waals surface area contributed by atoms with Crippen molar-refractivity contribution in [3.63, 3.8) is 0 Å². The highest BCUT2D eigenvalue weighted by molar-refractivity contribution is 5.90. The maximum atomic E-state index is 15.3. The lowest BCUT2D eigenvalue weighted by atomic mass is 10.1. The number of anilines is 2. The highest BCUT2D eigenvalue weighted by Gasteiger charge is 2.39. The number of aliphatic hydroxyl groups is 3. The Morgan fingerprint density at radius 2 is 2.00 bits per heavy atom. The Hall–Kier alpha value is -4.34. The molecule has 2 unspecified atom stereocenters. The van der Waals surface area contributed by atoms with Gasteiger partial charge in [-0.2, -0.15) is 0 Å². The Balaban J connectivity index is 1.14. The third-order valence-electron chi connectivity index (χ3n) is 7.99. The molecule has 1 aliphatic carbocycles. The van der Waals surface area contributed by atoms with Gasteiger partial charge in [-0.1, -0.05) is 0 Å². The number of benzene rings is 1. The number of nitrogens with zero attached hydrogens (tertiary/aromatic N) is 4. The molecular formula is C29H31F2N5O8. The third kappa shape index (κ3) is 5.77. The van der Waals surface area contributed by atoms with Crippen LogP contribution >= 0.6 is 0 Å². The van der Waals surface area contributed by atoms with E-state index in [4.69, 9.17) is 9.47 Å². The second kappa shape index (κ2) is 11.3. The molecule has 15 heteroatoms. The van der Waals surface area contributed by atoms with Crippen molar-refractivity contribution >= 4 is 34.5 Å². The lowest BCUT2D eigenvalue weighted by Crippen LogP contribution is -2.39. The molecule has 2 aromatic heterocycles. The van der Waals surface area contributed by atoms with Gasteiger partial charge >= 0.3 is 6.09 Å². The number of carbonyl (C=O) groups excluding carboxylic acids is 2. The number of amides is 2. The number of aromatic nitrogens is 2. The molecule has 2 saturated heterocycles. The van der Waals surface area contributed by atoms with Gasteiger partial charge in [0.05, 0.1) is 36.3 Å². The zero-order valence-electron chi connectivity index (χ0n) is 23.7. The summed E-state index contributed by atoms with van der Waals surface area (Å²) in [7, 11) is 0. The molecule has 0 bridgehead atoms. The Kier molecular flexibility index (Phi) is 7.63. The van der Waals surface area contributed by atoms with Gasteiger partial charge in [-0.25, -0.2) is 18.6 Å². The summed E-state index contributed by atoms with van der Waals surface area (Å²) in [5.41, 5.74) is -2.03. The average Bonchev–Trinajstić information content (AvgIpc) is 3.64. The SMILES string of the molecule is CC(=O)NCC1CN(c2ccc(OCC3(O)CCN(c4nc5c(cc4F)c(=O)c(C(O)O)cn5C4CC4)C3)c(F)c2)C(=O)O1. The molecule has 234 valence electrons. The quantitative estimate of drug-likeness (QED) is 0.259. The van der Waals surface area contributed by atoms with E-state index < -0.39 is 41.2 Å². The molecule has 0 radical (unpaired) electrons. The fourth-order valence-electron chi connectivity index (χ4n) is 5.53. The van der Waals surface area contributed by atoms with Crippen molar-refractivity contribution in [2.75, 3.05) is 42.6 Å². The number of halogens is 2. The molecule has 13 nitrogen and oxygen atoms in total. The van der Waals surface area contributed by atoms with E-state index in [1.807, 2.05) is 0 Å². The van der Waals surface area contributed by atoms with Crippen molar-refractivity contribution in [2.24, 2.45) is 0 Å². The molecular weight excluding hydrogens is 584 g/mol. The summed E-state index contributed by atoms with van der Waals surface area (Å²) in [6.45, 7) is 1.40. The molecule has 3 aliphatic rings. The monoisotopic (exact) mass is 615 g/mol. The summed E-state index contributed by atoms with van der Waals surface area (Å²) < 4.78 is 42.7. The molecule has 1 saturated carbocycles. The molecule has 4 heterocycles. The maximum Gasteiger partial charge on any atom is 0.414 e. The summed E-state index contributed by atoms with van der Waals surface area (Å²) in [5, 5.41) is 33.0. The smallest absolute Gasteiger partial charge is 0.414 e. The van der Waals surface area contributed by atoms with Crippen LogP contribution in [0.4, 0.5) is 25.1 Å². The van der Waals surface area contributed by atoms with Crippen LogP contribution < -0.4 is 25.3 Å². The van der Waals surface area contributed by atoms with E-state index in [1.165, 1.54) is 35.1 Å². The van der Waals surface area contributed by atoms with Crippen molar-refractivity contribution in [1.29, 1.82) is 0 Å². The summed E-state index contributed by atoms with van der Waals surface area (Å²) in [6, 6.07) is 4.92. The highest BCUT2D eigenvalue weighted by atomic mass is 19.1. The zero-order valence-corrected chi connectivity index (χ0v) is 23.7. The molecule has 2 atom stereocenters. The third-order valence-corrected chi connectivity index (χ3v) is 7.99. The van der Waals surface area contributed by atoms with E-state index in [9.17, 15) is 34.1 Å². The first-order chi connectivity index (χ1) is 20.9. The Bertz CT molecular complexity index is 1700. The molecule has 2 amide bonds. The zero-order chi connectivity index (χ0) is 31.3. The minimum Gasteiger partial charge on any atom is -0.487 e. The molecule has 1 aromatic carbocycles.